The highest BCUT2D eigenvalue weighted by molar-refractivity contribution is 7.12. The molecule has 0 amide bonds. The predicted molar refractivity (Wildman–Crippen MR) is 79.5 cm³/mol. The molecule has 0 aliphatic rings. The molecule has 0 saturated heterocycles. The molecule has 0 radical (unpaired) electrons. The number of H-pyrrole nitrogens is 2. The van der Waals surface area contributed by atoms with Crippen molar-refractivity contribution in [1.29, 1.82) is 0 Å². The van der Waals surface area contributed by atoms with Crippen molar-refractivity contribution in [2.24, 2.45) is 0 Å². The minimum atomic E-state index is -0.745. The van der Waals surface area contributed by atoms with Crippen LogP contribution in [0.15, 0.2) is 39.2 Å². The summed E-state index contributed by atoms with van der Waals surface area (Å²) in [7, 11) is 1.54. The van der Waals surface area contributed by atoms with Gasteiger partial charge in [-0.05, 0) is 18.2 Å². The number of hydrogen-bond donors (Lipinski definition) is 2. The van der Waals surface area contributed by atoms with Crippen LogP contribution in [0.1, 0.15) is 15.2 Å². The second kappa shape index (κ2) is 5.02. The molecule has 0 spiro atoms. The van der Waals surface area contributed by atoms with E-state index in [9.17, 15) is 14.4 Å². The zero-order chi connectivity index (χ0) is 15.0. The summed E-state index contributed by atoms with van der Waals surface area (Å²) in [6.07, 6.45) is 0. The molecule has 0 bridgehead atoms. The lowest BCUT2D eigenvalue weighted by atomic mass is 10.1. The molecule has 106 valence electrons. The van der Waals surface area contributed by atoms with Crippen LogP contribution in [0.3, 0.4) is 0 Å². The Morgan fingerprint density at radius 1 is 1.10 bits per heavy atom. The number of aromatic amines is 2. The van der Waals surface area contributed by atoms with Gasteiger partial charge in [0.15, 0.2) is 0 Å². The molecule has 0 aliphatic carbocycles. The van der Waals surface area contributed by atoms with Crippen molar-refractivity contribution in [1.82, 2.24) is 9.97 Å². The maximum atomic E-state index is 12.4. The summed E-state index contributed by atoms with van der Waals surface area (Å²) < 4.78 is 5.05. The number of hydrogen-bond acceptors (Lipinski definition) is 5. The number of benzene rings is 1. The van der Waals surface area contributed by atoms with Gasteiger partial charge in [0.2, 0.25) is 5.78 Å². The Labute approximate surface area is 122 Å². The molecule has 2 aromatic heterocycles. The fourth-order valence-corrected chi connectivity index (χ4v) is 2.76. The second-order valence-corrected chi connectivity index (χ2v) is 5.26. The average molecular weight is 302 g/mol. The van der Waals surface area contributed by atoms with Gasteiger partial charge in [-0.1, -0.05) is 0 Å². The number of rotatable bonds is 3. The van der Waals surface area contributed by atoms with Crippen LogP contribution in [-0.4, -0.2) is 22.9 Å². The monoisotopic (exact) mass is 302 g/mol. The van der Waals surface area contributed by atoms with Gasteiger partial charge in [0, 0.05) is 17.0 Å². The van der Waals surface area contributed by atoms with E-state index in [1.807, 2.05) is 0 Å². The molecule has 2 N–H and O–H groups in total. The van der Waals surface area contributed by atoms with E-state index in [1.54, 1.807) is 29.6 Å². The first-order valence-electron chi connectivity index (χ1n) is 6.02. The number of thiophene rings is 1. The van der Waals surface area contributed by atoms with E-state index in [0.717, 1.165) is 0 Å². The third kappa shape index (κ3) is 2.38. The van der Waals surface area contributed by atoms with Crippen LogP contribution in [0.2, 0.25) is 0 Å². The van der Waals surface area contributed by atoms with Crippen LogP contribution >= 0.6 is 11.3 Å². The first-order chi connectivity index (χ1) is 10.1. The van der Waals surface area contributed by atoms with Crippen LogP contribution in [0, 0.1) is 0 Å². The van der Waals surface area contributed by atoms with Crippen LogP contribution in [-0.2, 0) is 0 Å². The first-order valence-corrected chi connectivity index (χ1v) is 6.90. The fraction of sp³-hybridized carbons (Fsp3) is 0.0714. The van der Waals surface area contributed by atoms with Crippen LogP contribution in [0.25, 0.3) is 11.0 Å². The number of aromatic nitrogens is 2. The van der Waals surface area contributed by atoms with E-state index in [2.05, 4.69) is 9.97 Å². The van der Waals surface area contributed by atoms with E-state index < -0.39 is 11.1 Å². The minimum absolute atomic E-state index is 0.169. The molecular formula is C14H10N2O4S. The lowest BCUT2D eigenvalue weighted by Gasteiger charge is -2.01. The molecule has 2 heterocycles. The van der Waals surface area contributed by atoms with Gasteiger partial charge in [0.1, 0.15) is 5.75 Å². The fourth-order valence-electron chi connectivity index (χ4n) is 1.94. The number of ketones is 1. The molecule has 1 aromatic carbocycles. The van der Waals surface area contributed by atoms with Crippen LogP contribution < -0.4 is 15.9 Å². The molecule has 3 rings (SSSR count). The maximum Gasteiger partial charge on any atom is 0.314 e. The summed E-state index contributed by atoms with van der Waals surface area (Å²) >= 11 is 1.28. The zero-order valence-corrected chi connectivity index (χ0v) is 11.7. The zero-order valence-electron chi connectivity index (χ0n) is 10.9. The highest BCUT2D eigenvalue weighted by Crippen LogP contribution is 2.24. The SMILES string of the molecule is COc1csc(C(=O)c2ccc3[nH]c(=O)c(=O)[nH]c3c2)c1. The third-order valence-electron chi connectivity index (χ3n) is 3.02. The second-order valence-electron chi connectivity index (χ2n) is 4.35. The van der Waals surface area contributed by atoms with Gasteiger partial charge in [-0.2, -0.15) is 0 Å². The summed E-state index contributed by atoms with van der Waals surface area (Å²) in [6.45, 7) is 0. The standard InChI is InChI=1S/C14H10N2O4S/c1-20-8-5-11(21-6-8)12(17)7-2-3-9-10(4-7)16-14(19)13(18)15-9/h2-6H,1H3,(H,15,18)(H,16,19). The molecule has 3 aromatic rings. The highest BCUT2D eigenvalue weighted by Gasteiger charge is 2.13. The molecule has 0 atom stereocenters. The number of fused-ring (bicyclic) bond motifs is 1. The Morgan fingerprint density at radius 3 is 2.48 bits per heavy atom. The maximum absolute atomic E-state index is 12.4. The van der Waals surface area contributed by atoms with Crippen molar-refractivity contribution in [3.63, 3.8) is 0 Å². The highest BCUT2D eigenvalue weighted by atomic mass is 32.1. The van der Waals surface area contributed by atoms with Crippen LogP contribution in [0.4, 0.5) is 0 Å². The van der Waals surface area contributed by atoms with E-state index in [4.69, 9.17) is 4.74 Å². The summed E-state index contributed by atoms with van der Waals surface area (Å²) in [5.74, 6) is 0.458. The molecule has 0 saturated carbocycles. The number of methoxy groups -OCH3 is 1. The Balaban J connectivity index is 2.08. The van der Waals surface area contributed by atoms with Crippen molar-refractivity contribution < 1.29 is 9.53 Å². The first kappa shape index (κ1) is 13.3. The summed E-state index contributed by atoms with van der Waals surface area (Å²) in [5, 5.41) is 1.74. The van der Waals surface area contributed by atoms with Crippen molar-refractivity contribution in [3.05, 3.63) is 60.8 Å². The number of carbonyl (C=O) groups is 1. The van der Waals surface area contributed by atoms with Gasteiger partial charge in [-0.15, -0.1) is 11.3 Å². The van der Waals surface area contributed by atoms with Gasteiger partial charge in [0.05, 0.1) is 23.0 Å². The number of nitrogens with one attached hydrogen (secondary N) is 2. The van der Waals surface area contributed by atoms with E-state index in [0.29, 0.717) is 27.2 Å². The summed E-state index contributed by atoms with van der Waals surface area (Å²) in [6, 6.07) is 6.39. The van der Waals surface area contributed by atoms with E-state index in [-0.39, 0.29) is 5.78 Å². The summed E-state index contributed by atoms with van der Waals surface area (Å²) in [5.41, 5.74) is -0.155. The molecule has 7 heteroatoms. The Bertz CT molecular complexity index is 951. The van der Waals surface area contributed by atoms with Crippen molar-refractivity contribution in [2.45, 2.75) is 0 Å². The van der Waals surface area contributed by atoms with Gasteiger partial charge in [-0.3, -0.25) is 14.4 Å². The Kier molecular flexibility index (Phi) is 3.19. The quantitative estimate of drug-likeness (QED) is 0.567. The number of ether oxygens (including phenoxy) is 1. The molecule has 0 aliphatic heterocycles. The van der Waals surface area contributed by atoms with Gasteiger partial charge < -0.3 is 14.7 Å². The topological polar surface area (TPSA) is 92.0 Å². The van der Waals surface area contributed by atoms with Crippen molar-refractivity contribution >= 4 is 28.2 Å². The third-order valence-corrected chi connectivity index (χ3v) is 3.93. The lowest BCUT2D eigenvalue weighted by molar-refractivity contribution is 0.104. The molecule has 6 nitrogen and oxygen atoms in total. The van der Waals surface area contributed by atoms with E-state index in [1.165, 1.54) is 18.4 Å². The van der Waals surface area contributed by atoms with Crippen LogP contribution in [0.5, 0.6) is 5.75 Å². The lowest BCUT2D eigenvalue weighted by Crippen LogP contribution is -2.28. The molecular weight excluding hydrogens is 292 g/mol. The van der Waals surface area contributed by atoms with Crippen molar-refractivity contribution in [3.8, 4) is 5.75 Å². The van der Waals surface area contributed by atoms with Crippen molar-refractivity contribution in [2.75, 3.05) is 7.11 Å². The smallest absolute Gasteiger partial charge is 0.314 e. The molecule has 0 fully saturated rings. The van der Waals surface area contributed by atoms with Gasteiger partial charge >= 0.3 is 11.1 Å². The average Bonchev–Trinajstić information content (AvgIpc) is 2.96. The van der Waals surface area contributed by atoms with Gasteiger partial charge in [-0.25, -0.2) is 0 Å². The molecule has 0 unspecified atom stereocenters. The molecule has 21 heavy (non-hydrogen) atoms. The van der Waals surface area contributed by atoms with E-state index >= 15 is 0 Å². The number of carbonyl (C=O) groups excluding carboxylic acids is 1. The van der Waals surface area contributed by atoms with Gasteiger partial charge in [0.25, 0.3) is 0 Å². The summed E-state index contributed by atoms with van der Waals surface area (Å²) in [4.78, 5) is 40.4. The Hall–Kier alpha value is -2.67. The largest absolute Gasteiger partial charge is 0.496 e. The Morgan fingerprint density at radius 2 is 1.81 bits per heavy atom. The minimum Gasteiger partial charge on any atom is -0.496 e. The predicted octanol–water partition coefficient (Wildman–Crippen LogP) is 1.52. The normalized spacial score (nSPS) is 10.7.